The Hall–Kier alpha value is -0.840. The summed E-state index contributed by atoms with van der Waals surface area (Å²) in [5.41, 5.74) is 0.560. The van der Waals surface area contributed by atoms with E-state index in [0.717, 1.165) is 0 Å². The van der Waals surface area contributed by atoms with Crippen molar-refractivity contribution in [2.45, 2.75) is 0 Å². The number of hydrogen-bond acceptors (Lipinski definition) is 3. The largest absolute Gasteiger partial charge is 0.386 e. The minimum atomic E-state index is -0.142. The van der Waals surface area contributed by atoms with Crippen LogP contribution >= 0.6 is 15.9 Å². The third kappa shape index (κ3) is 1.42. The summed E-state index contributed by atoms with van der Waals surface area (Å²) in [6.45, 7) is 0. The predicted octanol–water partition coefficient (Wildman–Crippen LogP) is 0.584. The molecule has 0 aliphatic rings. The standard InChI is InChI=1S/C6H8BrN3O/c1-8-4-3-9-10(2)6(11)5(4)7/h3,8H,1-2H3. The van der Waals surface area contributed by atoms with Crippen LogP contribution in [0.15, 0.2) is 15.5 Å². The number of aryl methyl sites for hydroxylation is 1. The Labute approximate surface area is 72.4 Å². The van der Waals surface area contributed by atoms with Crippen molar-refractivity contribution in [3.05, 3.63) is 21.0 Å². The third-order valence-corrected chi connectivity index (χ3v) is 2.11. The Morgan fingerprint density at radius 3 is 2.91 bits per heavy atom. The van der Waals surface area contributed by atoms with Gasteiger partial charge in [-0.2, -0.15) is 5.10 Å². The lowest BCUT2D eigenvalue weighted by molar-refractivity contribution is 0.704. The van der Waals surface area contributed by atoms with Gasteiger partial charge in [-0.1, -0.05) is 0 Å². The number of nitrogens with zero attached hydrogens (tertiary/aromatic N) is 2. The highest BCUT2D eigenvalue weighted by molar-refractivity contribution is 9.10. The maximum atomic E-state index is 11.2. The van der Waals surface area contributed by atoms with E-state index in [9.17, 15) is 4.79 Å². The molecule has 1 aromatic heterocycles. The van der Waals surface area contributed by atoms with Crippen LogP contribution in [-0.2, 0) is 7.05 Å². The smallest absolute Gasteiger partial charge is 0.282 e. The van der Waals surface area contributed by atoms with E-state index in [1.54, 1.807) is 20.3 Å². The summed E-state index contributed by atoms with van der Waals surface area (Å²) in [7, 11) is 3.34. The maximum Gasteiger partial charge on any atom is 0.282 e. The van der Waals surface area contributed by atoms with Crippen molar-refractivity contribution in [3.63, 3.8) is 0 Å². The van der Waals surface area contributed by atoms with Gasteiger partial charge in [0.15, 0.2) is 0 Å². The number of halogens is 1. The van der Waals surface area contributed by atoms with Gasteiger partial charge in [0.1, 0.15) is 4.47 Å². The minimum absolute atomic E-state index is 0.142. The van der Waals surface area contributed by atoms with Crippen LogP contribution in [0, 0.1) is 0 Å². The number of anilines is 1. The maximum absolute atomic E-state index is 11.2. The highest BCUT2D eigenvalue weighted by Crippen LogP contribution is 2.13. The highest BCUT2D eigenvalue weighted by atomic mass is 79.9. The van der Waals surface area contributed by atoms with Crippen molar-refractivity contribution in [3.8, 4) is 0 Å². The Bertz CT molecular complexity index is 320. The first-order valence-electron chi connectivity index (χ1n) is 3.06. The van der Waals surface area contributed by atoms with Crippen LogP contribution in [0.4, 0.5) is 5.69 Å². The average Bonchev–Trinajstić information content (AvgIpc) is 2.01. The van der Waals surface area contributed by atoms with E-state index in [1.807, 2.05) is 0 Å². The summed E-state index contributed by atoms with van der Waals surface area (Å²) in [5, 5.41) is 6.66. The second kappa shape index (κ2) is 3.04. The lowest BCUT2D eigenvalue weighted by Gasteiger charge is -2.02. The SMILES string of the molecule is CNc1cnn(C)c(=O)c1Br. The minimum Gasteiger partial charge on any atom is -0.386 e. The zero-order chi connectivity index (χ0) is 8.43. The Kier molecular flexibility index (Phi) is 2.28. The van der Waals surface area contributed by atoms with Gasteiger partial charge in [0, 0.05) is 14.1 Å². The monoisotopic (exact) mass is 217 g/mol. The summed E-state index contributed by atoms with van der Waals surface area (Å²) in [6.07, 6.45) is 1.59. The van der Waals surface area contributed by atoms with Gasteiger partial charge in [-0.15, -0.1) is 0 Å². The van der Waals surface area contributed by atoms with Gasteiger partial charge < -0.3 is 5.32 Å². The Balaban J connectivity index is 3.37. The number of nitrogens with one attached hydrogen (secondary N) is 1. The Morgan fingerprint density at radius 2 is 2.36 bits per heavy atom. The molecule has 1 rings (SSSR count). The molecular weight excluding hydrogens is 210 g/mol. The Morgan fingerprint density at radius 1 is 1.73 bits per heavy atom. The zero-order valence-corrected chi connectivity index (χ0v) is 7.84. The number of aromatic nitrogens is 2. The quantitative estimate of drug-likeness (QED) is 0.750. The molecule has 0 amide bonds. The van der Waals surface area contributed by atoms with Crippen LogP contribution in [0.1, 0.15) is 0 Å². The molecule has 0 fully saturated rings. The van der Waals surface area contributed by atoms with Crippen molar-refractivity contribution < 1.29 is 0 Å². The van der Waals surface area contributed by atoms with Crippen LogP contribution in [0.25, 0.3) is 0 Å². The summed E-state index contributed by atoms with van der Waals surface area (Å²) in [4.78, 5) is 11.2. The molecular formula is C6H8BrN3O. The molecule has 60 valence electrons. The van der Waals surface area contributed by atoms with Crippen molar-refractivity contribution in [1.82, 2.24) is 9.78 Å². The molecule has 11 heavy (non-hydrogen) atoms. The first-order chi connectivity index (χ1) is 5.16. The van der Waals surface area contributed by atoms with Crippen molar-refractivity contribution >= 4 is 21.6 Å². The molecule has 0 atom stereocenters. The van der Waals surface area contributed by atoms with Gasteiger partial charge in [0.05, 0.1) is 11.9 Å². The summed E-state index contributed by atoms with van der Waals surface area (Å²) in [5.74, 6) is 0. The highest BCUT2D eigenvalue weighted by Gasteiger charge is 2.03. The molecule has 0 bridgehead atoms. The van der Waals surface area contributed by atoms with Crippen LogP contribution in [0.5, 0.6) is 0 Å². The second-order valence-corrected chi connectivity index (χ2v) is 2.84. The molecule has 0 aliphatic heterocycles. The van der Waals surface area contributed by atoms with Crippen molar-refractivity contribution in [2.24, 2.45) is 7.05 Å². The van der Waals surface area contributed by atoms with Gasteiger partial charge in [-0.25, -0.2) is 4.68 Å². The molecule has 0 spiro atoms. The van der Waals surface area contributed by atoms with Gasteiger partial charge in [-0.05, 0) is 15.9 Å². The molecule has 0 saturated carbocycles. The fraction of sp³-hybridized carbons (Fsp3) is 0.333. The topological polar surface area (TPSA) is 46.9 Å². The van der Waals surface area contributed by atoms with Crippen LogP contribution < -0.4 is 10.9 Å². The average molecular weight is 218 g/mol. The molecule has 0 aromatic carbocycles. The summed E-state index contributed by atoms with van der Waals surface area (Å²) >= 11 is 3.16. The molecule has 0 unspecified atom stereocenters. The molecule has 1 N–H and O–H groups in total. The molecule has 1 aromatic rings. The van der Waals surface area contributed by atoms with E-state index in [1.165, 1.54) is 4.68 Å². The van der Waals surface area contributed by atoms with E-state index < -0.39 is 0 Å². The first kappa shape index (κ1) is 8.26. The van der Waals surface area contributed by atoms with Crippen LogP contribution in [0.3, 0.4) is 0 Å². The van der Waals surface area contributed by atoms with Crippen molar-refractivity contribution in [1.29, 1.82) is 0 Å². The molecule has 0 saturated heterocycles. The van der Waals surface area contributed by atoms with E-state index in [2.05, 4.69) is 26.3 Å². The van der Waals surface area contributed by atoms with Gasteiger partial charge in [0.2, 0.25) is 0 Å². The number of rotatable bonds is 1. The zero-order valence-electron chi connectivity index (χ0n) is 6.26. The predicted molar refractivity (Wildman–Crippen MR) is 46.7 cm³/mol. The number of hydrogen-bond donors (Lipinski definition) is 1. The molecule has 0 radical (unpaired) electrons. The van der Waals surface area contributed by atoms with E-state index >= 15 is 0 Å². The van der Waals surface area contributed by atoms with Gasteiger partial charge >= 0.3 is 0 Å². The summed E-state index contributed by atoms with van der Waals surface area (Å²) < 4.78 is 1.78. The normalized spacial score (nSPS) is 9.73. The van der Waals surface area contributed by atoms with Gasteiger partial charge in [-0.3, -0.25) is 4.79 Å². The lowest BCUT2D eigenvalue weighted by Crippen LogP contribution is -2.20. The van der Waals surface area contributed by atoms with Crippen LogP contribution in [0.2, 0.25) is 0 Å². The molecule has 4 nitrogen and oxygen atoms in total. The first-order valence-corrected chi connectivity index (χ1v) is 3.85. The van der Waals surface area contributed by atoms with Crippen LogP contribution in [-0.4, -0.2) is 16.8 Å². The van der Waals surface area contributed by atoms with Crippen molar-refractivity contribution in [2.75, 3.05) is 12.4 Å². The second-order valence-electron chi connectivity index (χ2n) is 2.05. The fourth-order valence-electron chi connectivity index (χ4n) is 0.685. The van der Waals surface area contributed by atoms with Gasteiger partial charge in [0.25, 0.3) is 5.56 Å². The van der Waals surface area contributed by atoms with E-state index in [0.29, 0.717) is 10.2 Å². The van der Waals surface area contributed by atoms with E-state index in [4.69, 9.17) is 0 Å². The molecule has 1 heterocycles. The lowest BCUT2D eigenvalue weighted by atomic mass is 10.5. The summed E-state index contributed by atoms with van der Waals surface area (Å²) in [6, 6.07) is 0. The fourth-order valence-corrected chi connectivity index (χ4v) is 1.24. The molecule has 5 heteroatoms. The van der Waals surface area contributed by atoms with E-state index in [-0.39, 0.29) is 5.56 Å². The molecule has 0 aliphatic carbocycles. The third-order valence-electron chi connectivity index (χ3n) is 1.35.